The first-order chi connectivity index (χ1) is 13.6. The van der Waals surface area contributed by atoms with Gasteiger partial charge in [-0.3, -0.25) is 9.69 Å². The van der Waals surface area contributed by atoms with Gasteiger partial charge in [0.1, 0.15) is 0 Å². The maximum atomic E-state index is 13.2. The summed E-state index contributed by atoms with van der Waals surface area (Å²) in [6.45, 7) is 2.23. The predicted molar refractivity (Wildman–Crippen MR) is 106 cm³/mol. The molecule has 2 bridgehead atoms. The van der Waals surface area contributed by atoms with Gasteiger partial charge in [-0.2, -0.15) is 0 Å². The third kappa shape index (κ3) is 1.53. The van der Waals surface area contributed by atoms with Crippen molar-refractivity contribution in [3.63, 3.8) is 0 Å². The van der Waals surface area contributed by atoms with Crippen LogP contribution in [-0.2, 0) is 19.7 Å². The number of benzene rings is 1. The fraction of sp³-hybridized carbons (Fsp3) is 0.696. The number of hydrogen-bond acceptors (Lipinski definition) is 5. The van der Waals surface area contributed by atoms with Gasteiger partial charge in [0.15, 0.2) is 0 Å². The molecule has 3 aliphatic heterocycles. The smallest absolute Gasteiger partial charge is 0.311 e. The number of carbonyl (C=O) groups excluding carboxylic acids is 1. The van der Waals surface area contributed by atoms with E-state index in [1.807, 2.05) is 7.11 Å². The molecule has 1 aromatic rings. The van der Waals surface area contributed by atoms with E-state index in [4.69, 9.17) is 9.47 Å². The van der Waals surface area contributed by atoms with Crippen molar-refractivity contribution in [3.8, 4) is 0 Å². The number of nitrogens with zero attached hydrogens (tertiary/aromatic N) is 2. The molecule has 6 aliphatic rings. The van der Waals surface area contributed by atoms with E-state index in [0.29, 0.717) is 6.04 Å². The van der Waals surface area contributed by atoms with Gasteiger partial charge in [0, 0.05) is 43.3 Å². The van der Waals surface area contributed by atoms with Crippen molar-refractivity contribution in [2.75, 3.05) is 39.3 Å². The number of fused-ring (bicyclic) bond motifs is 3. The highest BCUT2D eigenvalue weighted by Gasteiger charge is 2.81. The van der Waals surface area contributed by atoms with Crippen molar-refractivity contribution in [1.29, 1.82) is 0 Å². The summed E-state index contributed by atoms with van der Waals surface area (Å²) in [5, 5.41) is 0. The summed E-state index contributed by atoms with van der Waals surface area (Å²) in [6, 6.07) is 9.37. The van der Waals surface area contributed by atoms with E-state index in [2.05, 4.69) is 41.1 Å². The van der Waals surface area contributed by atoms with Crippen LogP contribution in [0.15, 0.2) is 24.3 Å². The standard InChI is InChI=1S/C23H30N2O3/c1-24-17-7-5-4-6-15(17)22-11-13-25-12-8-18(27-2)21(20(22)25)9-10-23(22,24)16(14-21)19(26)28-3/h4-7,16,18,20H,8-14H2,1-3H3/t16?,18?,20-,21?,22+,23?/m0/s1. The topological polar surface area (TPSA) is 42.0 Å². The normalized spacial score (nSPS) is 45.5. The molecule has 7 rings (SSSR count). The highest BCUT2D eigenvalue weighted by Crippen LogP contribution is 2.75. The van der Waals surface area contributed by atoms with E-state index in [0.717, 1.165) is 45.2 Å². The fourth-order valence-corrected chi connectivity index (χ4v) is 8.86. The van der Waals surface area contributed by atoms with Crippen molar-refractivity contribution in [2.45, 2.75) is 55.2 Å². The number of anilines is 1. The second-order valence-electron chi connectivity index (χ2n) is 9.69. The molecule has 5 nitrogen and oxygen atoms in total. The SMILES string of the molecule is COC(=O)C1CC23CCC14N(C)c1ccccc1[C@@]41CCN(CCC2OC)[C@@H]31. The molecule has 28 heavy (non-hydrogen) atoms. The van der Waals surface area contributed by atoms with E-state index in [1.54, 1.807) is 7.11 Å². The molecule has 3 spiro atoms. The van der Waals surface area contributed by atoms with E-state index in [9.17, 15) is 4.79 Å². The van der Waals surface area contributed by atoms with Crippen LogP contribution < -0.4 is 4.90 Å². The number of likely N-dealkylation sites (N-methyl/N-ethyl adjacent to an activating group) is 1. The number of hydrogen-bond donors (Lipinski definition) is 0. The van der Waals surface area contributed by atoms with E-state index < -0.39 is 0 Å². The van der Waals surface area contributed by atoms with Crippen LogP contribution in [0.2, 0.25) is 0 Å². The summed E-state index contributed by atoms with van der Waals surface area (Å²) in [4.78, 5) is 18.4. The van der Waals surface area contributed by atoms with Crippen LogP contribution in [0.5, 0.6) is 0 Å². The molecule has 5 fully saturated rings. The Labute approximate surface area is 167 Å². The Balaban J connectivity index is 1.67. The summed E-state index contributed by atoms with van der Waals surface area (Å²) in [5.41, 5.74) is 2.63. The van der Waals surface area contributed by atoms with Gasteiger partial charge < -0.3 is 14.4 Å². The highest BCUT2D eigenvalue weighted by molar-refractivity contribution is 5.81. The molecular formula is C23H30N2O3. The summed E-state index contributed by atoms with van der Waals surface area (Å²) in [7, 11) is 5.65. The van der Waals surface area contributed by atoms with Crippen LogP contribution in [-0.4, -0.2) is 62.9 Å². The lowest BCUT2D eigenvalue weighted by Gasteiger charge is -2.71. The predicted octanol–water partition coefficient (Wildman–Crippen LogP) is 2.58. The Morgan fingerprint density at radius 2 is 1.96 bits per heavy atom. The third-order valence-corrected chi connectivity index (χ3v) is 9.51. The zero-order chi connectivity index (χ0) is 19.3. The van der Waals surface area contributed by atoms with Gasteiger partial charge in [-0.1, -0.05) is 18.2 Å². The van der Waals surface area contributed by atoms with Gasteiger partial charge in [-0.25, -0.2) is 0 Å². The molecule has 0 radical (unpaired) electrons. The molecule has 0 aromatic heterocycles. The monoisotopic (exact) mass is 382 g/mol. The van der Waals surface area contributed by atoms with Crippen molar-refractivity contribution in [2.24, 2.45) is 11.3 Å². The second kappa shape index (κ2) is 5.31. The van der Waals surface area contributed by atoms with Crippen LogP contribution >= 0.6 is 0 Å². The lowest BCUT2D eigenvalue weighted by atomic mass is 9.38. The van der Waals surface area contributed by atoms with E-state index in [1.165, 1.54) is 11.3 Å². The summed E-state index contributed by atoms with van der Waals surface area (Å²) in [6.07, 6.45) is 5.50. The van der Waals surface area contributed by atoms with Gasteiger partial charge in [-0.05, 0) is 50.3 Å². The number of para-hydroxylation sites is 1. The maximum Gasteiger partial charge on any atom is 0.311 e. The van der Waals surface area contributed by atoms with Gasteiger partial charge in [0.05, 0.1) is 24.7 Å². The van der Waals surface area contributed by atoms with Crippen molar-refractivity contribution < 1.29 is 14.3 Å². The number of methoxy groups -OCH3 is 2. The lowest BCUT2D eigenvalue weighted by Crippen LogP contribution is -2.80. The Bertz CT molecular complexity index is 858. The zero-order valence-electron chi connectivity index (χ0n) is 17.1. The quantitative estimate of drug-likeness (QED) is 0.736. The molecule has 3 heterocycles. The van der Waals surface area contributed by atoms with Gasteiger partial charge in [0.25, 0.3) is 0 Å². The van der Waals surface area contributed by atoms with Gasteiger partial charge in [0.2, 0.25) is 0 Å². The Hall–Kier alpha value is -1.59. The molecule has 2 saturated heterocycles. The Morgan fingerprint density at radius 1 is 1.14 bits per heavy atom. The minimum absolute atomic E-state index is 0.00903. The molecular weight excluding hydrogens is 352 g/mol. The molecule has 0 N–H and O–H groups in total. The molecule has 3 saturated carbocycles. The first-order valence-corrected chi connectivity index (χ1v) is 10.7. The molecule has 150 valence electrons. The number of carbonyl (C=O) groups is 1. The van der Waals surface area contributed by atoms with Crippen molar-refractivity contribution >= 4 is 11.7 Å². The summed E-state index contributed by atoms with van der Waals surface area (Å²) in [5.74, 6) is -0.133. The zero-order valence-corrected chi connectivity index (χ0v) is 17.1. The summed E-state index contributed by atoms with van der Waals surface area (Å²) >= 11 is 0. The van der Waals surface area contributed by atoms with E-state index >= 15 is 0 Å². The average molecular weight is 383 g/mol. The largest absolute Gasteiger partial charge is 0.469 e. The van der Waals surface area contributed by atoms with Gasteiger partial charge >= 0.3 is 5.97 Å². The molecule has 0 amide bonds. The number of esters is 1. The highest BCUT2D eigenvalue weighted by atomic mass is 16.5. The van der Waals surface area contributed by atoms with Crippen LogP contribution in [0.4, 0.5) is 5.69 Å². The first kappa shape index (κ1) is 17.3. The second-order valence-corrected chi connectivity index (χ2v) is 9.69. The first-order valence-electron chi connectivity index (χ1n) is 10.7. The number of piperidine rings is 1. The third-order valence-electron chi connectivity index (χ3n) is 9.51. The average Bonchev–Trinajstić information content (AvgIpc) is 3.25. The molecule has 4 unspecified atom stereocenters. The van der Waals surface area contributed by atoms with Crippen LogP contribution in [0.1, 0.15) is 37.7 Å². The van der Waals surface area contributed by atoms with Crippen LogP contribution in [0, 0.1) is 11.3 Å². The number of rotatable bonds is 2. The minimum atomic E-state index is -0.180. The maximum absolute atomic E-state index is 13.2. The minimum Gasteiger partial charge on any atom is -0.469 e. The molecule has 6 atom stereocenters. The van der Waals surface area contributed by atoms with Crippen LogP contribution in [0.25, 0.3) is 0 Å². The van der Waals surface area contributed by atoms with Crippen molar-refractivity contribution in [1.82, 2.24) is 4.90 Å². The Kier molecular flexibility index (Phi) is 3.28. The fourth-order valence-electron chi connectivity index (χ4n) is 8.86. The van der Waals surface area contributed by atoms with Gasteiger partial charge in [-0.15, -0.1) is 0 Å². The van der Waals surface area contributed by atoms with Crippen molar-refractivity contribution in [3.05, 3.63) is 29.8 Å². The lowest BCUT2D eigenvalue weighted by molar-refractivity contribution is -0.205. The Morgan fingerprint density at radius 3 is 2.75 bits per heavy atom. The number of ether oxygens (including phenoxy) is 2. The van der Waals surface area contributed by atoms with E-state index in [-0.39, 0.29) is 34.4 Å². The summed E-state index contributed by atoms with van der Waals surface area (Å²) < 4.78 is 11.6. The van der Waals surface area contributed by atoms with Crippen LogP contribution in [0.3, 0.4) is 0 Å². The molecule has 5 heteroatoms. The molecule has 3 aliphatic carbocycles. The molecule has 1 aromatic carbocycles.